The molecule has 29 heavy (non-hydrogen) atoms. The van der Waals surface area contributed by atoms with E-state index in [1.165, 1.54) is 6.20 Å². The van der Waals surface area contributed by atoms with Gasteiger partial charge in [-0.25, -0.2) is 9.97 Å². The van der Waals surface area contributed by atoms with E-state index in [4.69, 9.17) is 5.73 Å². The van der Waals surface area contributed by atoms with Gasteiger partial charge in [0, 0.05) is 47.8 Å². The van der Waals surface area contributed by atoms with Gasteiger partial charge in [0.2, 0.25) is 0 Å². The highest BCUT2D eigenvalue weighted by Crippen LogP contribution is 2.42. The molecule has 1 fully saturated rings. The van der Waals surface area contributed by atoms with Crippen molar-refractivity contribution in [3.8, 4) is 11.3 Å². The lowest BCUT2D eigenvalue weighted by Gasteiger charge is -2.16. The molecule has 0 radical (unpaired) electrons. The molecule has 0 amide bonds. The number of pyridine rings is 1. The van der Waals surface area contributed by atoms with Gasteiger partial charge >= 0.3 is 6.18 Å². The number of alkyl halides is 3. The number of nitrogen functional groups attached to an aromatic ring is 1. The van der Waals surface area contributed by atoms with E-state index >= 15 is 0 Å². The molecular weight excluding hydrogens is 381 g/mol. The highest BCUT2D eigenvalue weighted by atomic mass is 19.4. The second kappa shape index (κ2) is 7.20. The first-order valence-corrected chi connectivity index (χ1v) is 9.64. The van der Waals surface area contributed by atoms with E-state index in [-0.39, 0.29) is 12.0 Å². The van der Waals surface area contributed by atoms with Gasteiger partial charge in [0.25, 0.3) is 0 Å². The van der Waals surface area contributed by atoms with Crippen LogP contribution in [0.4, 0.5) is 19.0 Å². The van der Waals surface area contributed by atoms with Crippen molar-refractivity contribution in [1.82, 2.24) is 24.3 Å². The lowest BCUT2D eigenvalue weighted by molar-refractivity contribution is -0.137. The minimum atomic E-state index is -4.56. The monoisotopic (exact) mass is 404 g/mol. The molecule has 1 aliphatic carbocycles. The van der Waals surface area contributed by atoms with Crippen LogP contribution < -0.4 is 5.73 Å². The predicted molar refractivity (Wildman–Crippen MR) is 103 cm³/mol. The van der Waals surface area contributed by atoms with Crippen LogP contribution in [-0.2, 0) is 6.18 Å². The molecule has 0 aliphatic heterocycles. The topological polar surface area (TPSA) is 74.6 Å². The molecule has 0 saturated heterocycles. The summed E-state index contributed by atoms with van der Waals surface area (Å²) in [6.07, 6.45) is 5.34. The van der Waals surface area contributed by atoms with E-state index < -0.39 is 17.6 Å². The zero-order valence-corrected chi connectivity index (χ0v) is 16.3. The van der Waals surface area contributed by atoms with Gasteiger partial charge in [0.15, 0.2) is 0 Å². The summed E-state index contributed by atoms with van der Waals surface area (Å²) in [6.45, 7) is 4.04. The van der Waals surface area contributed by atoms with Crippen LogP contribution in [0.2, 0.25) is 0 Å². The molecule has 3 heterocycles. The second-order valence-electron chi connectivity index (χ2n) is 7.82. The third-order valence-corrected chi connectivity index (χ3v) is 5.54. The second-order valence-corrected chi connectivity index (χ2v) is 7.82. The Morgan fingerprint density at radius 3 is 2.66 bits per heavy atom. The van der Waals surface area contributed by atoms with Crippen LogP contribution in [0.3, 0.4) is 0 Å². The number of anilines is 1. The Balaban J connectivity index is 1.68. The zero-order chi connectivity index (χ0) is 20.8. The Kier molecular flexibility index (Phi) is 4.84. The Morgan fingerprint density at radius 2 is 2.00 bits per heavy atom. The SMILES string of the molecule is CC(C)n1nc(-c2cnc(N)c(C(F)(F)F)c2)cc1[C@@H]1CC[C@@H](n2ccnc2)C1. The van der Waals surface area contributed by atoms with Crippen LogP contribution >= 0.6 is 0 Å². The summed E-state index contributed by atoms with van der Waals surface area (Å²) in [7, 11) is 0. The van der Waals surface area contributed by atoms with E-state index in [1.807, 2.05) is 37.1 Å². The van der Waals surface area contributed by atoms with Gasteiger partial charge in [-0.2, -0.15) is 18.3 Å². The van der Waals surface area contributed by atoms with Crippen molar-refractivity contribution >= 4 is 5.82 Å². The van der Waals surface area contributed by atoms with E-state index in [2.05, 4.69) is 19.6 Å². The molecule has 3 aromatic rings. The van der Waals surface area contributed by atoms with Gasteiger partial charge in [0.05, 0.1) is 17.6 Å². The fourth-order valence-electron chi connectivity index (χ4n) is 4.09. The average Bonchev–Trinajstić information content (AvgIpc) is 3.39. The van der Waals surface area contributed by atoms with Crippen molar-refractivity contribution in [3.05, 3.63) is 48.3 Å². The molecule has 154 valence electrons. The Morgan fingerprint density at radius 1 is 1.21 bits per heavy atom. The summed E-state index contributed by atoms with van der Waals surface area (Å²) in [5.74, 6) is -0.237. The predicted octanol–water partition coefficient (Wildman–Crippen LogP) is 4.83. The maximum atomic E-state index is 13.2. The standard InChI is InChI=1S/C20H23F3N6/c1-12(2)29-18(13-3-4-15(7-13)28-6-5-25-11-28)9-17(27-29)14-8-16(20(21,22)23)19(24)26-10-14/h5-6,8-13,15H,3-4,7H2,1-2H3,(H2,24,26)/t13-,15-/m1/s1. The third kappa shape index (κ3) is 3.73. The normalized spacial score (nSPS) is 19.9. The maximum absolute atomic E-state index is 13.2. The van der Waals surface area contributed by atoms with Crippen LogP contribution in [0.15, 0.2) is 37.1 Å². The molecule has 2 atom stereocenters. The smallest absolute Gasteiger partial charge is 0.383 e. The van der Waals surface area contributed by atoms with Gasteiger partial charge in [0.1, 0.15) is 5.82 Å². The molecule has 2 N–H and O–H groups in total. The highest BCUT2D eigenvalue weighted by Gasteiger charge is 2.35. The third-order valence-electron chi connectivity index (χ3n) is 5.54. The van der Waals surface area contributed by atoms with Crippen molar-refractivity contribution < 1.29 is 13.2 Å². The number of halogens is 3. The number of hydrogen-bond acceptors (Lipinski definition) is 4. The van der Waals surface area contributed by atoms with E-state index in [9.17, 15) is 13.2 Å². The minimum absolute atomic E-state index is 0.0925. The van der Waals surface area contributed by atoms with Crippen molar-refractivity contribution in [3.63, 3.8) is 0 Å². The summed E-state index contributed by atoms with van der Waals surface area (Å²) in [5.41, 5.74) is 6.34. The zero-order valence-electron chi connectivity index (χ0n) is 16.3. The number of nitrogens with two attached hydrogens (primary N) is 1. The van der Waals surface area contributed by atoms with Crippen LogP contribution in [-0.4, -0.2) is 24.3 Å². The average molecular weight is 404 g/mol. The maximum Gasteiger partial charge on any atom is 0.419 e. The molecule has 0 unspecified atom stereocenters. The Bertz CT molecular complexity index is 990. The number of hydrogen-bond donors (Lipinski definition) is 1. The van der Waals surface area contributed by atoms with Crippen molar-refractivity contribution in [2.75, 3.05) is 5.73 Å². The quantitative estimate of drug-likeness (QED) is 0.676. The minimum Gasteiger partial charge on any atom is -0.383 e. The van der Waals surface area contributed by atoms with Gasteiger partial charge in [-0.3, -0.25) is 4.68 Å². The van der Waals surface area contributed by atoms with Crippen LogP contribution in [0, 0.1) is 0 Å². The van der Waals surface area contributed by atoms with Crippen LogP contribution in [0.5, 0.6) is 0 Å². The molecule has 0 bridgehead atoms. The highest BCUT2D eigenvalue weighted by molar-refractivity contribution is 5.62. The lowest BCUT2D eigenvalue weighted by Crippen LogP contribution is -2.11. The Labute approximate surface area is 166 Å². The Hall–Kier alpha value is -2.84. The molecule has 6 nitrogen and oxygen atoms in total. The first kappa shape index (κ1) is 19.5. The number of rotatable bonds is 4. The molecular formula is C20H23F3N6. The largest absolute Gasteiger partial charge is 0.419 e. The van der Waals surface area contributed by atoms with Crippen molar-refractivity contribution in [2.24, 2.45) is 0 Å². The van der Waals surface area contributed by atoms with E-state index in [1.54, 1.807) is 6.20 Å². The summed E-state index contributed by atoms with van der Waals surface area (Å²) >= 11 is 0. The van der Waals surface area contributed by atoms with E-state index in [0.29, 0.717) is 17.3 Å². The molecule has 1 saturated carbocycles. The number of imidazole rings is 1. The lowest BCUT2D eigenvalue weighted by atomic mass is 10.0. The molecule has 9 heteroatoms. The molecule has 4 rings (SSSR count). The van der Waals surface area contributed by atoms with Crippen molar-refractivity contribution in [2.45, 2.75) is 57.3 Å². The van der Waals surface area contributed by atoms with Gasteiger partial charge < -0.3 is 10.3 Å². The molecule has 0 spiro atoms. The van der Waals surface area contributed by atoms with Gasteiger partial charge in [-0.05, 0) is 45.2 Å². The van der Waals surface area contributed by atoms with E-state index in [0.717, 1.165) is 31.0 Å². The van der Waals surface area contributed by atoms with Crippen LogP contribution in [0.1, 0.15) is 62.4 Å². The molecule has 1 aliphatic rings. The summed E-state index contributed by atoms with van der Waals surface area (Å²) in [4.78, 5) is 7.87. The number of aromatic nitrogens is 5. The van der Waals surface area contributed by atoms with Crippen molar-refractivity contribution in [1.29, 1.82) is 0 Å². The molecule has 0 aromatic carbocycles. The number of nitrogens with zero attached hydrogens (tertiary/aromatic N) is 5. The summed E-state index contributed by atoms with van der Waals surface area (Å²) in [6, 6.07) is 3.39. The fraction of sp³-hybridized carbons (Fsp3) is 0.450. The van der Waals surface area contributed by atoms with Crippen LogP contribution in [0.25, 0.3) is 11.3 Å². The molecule has 3 aromatic heterocycles. The summed E-state index contributed by atoms with van der Waals surface area (Å²) in [5, 5.41) is 4.61. The van der Waals surface area contributed by atoms with Gasteiger partial charge in [-0.15, -0.1) is 0 Å². The summed E-state index contributed by atoms with van der Waals surface area (Å²) < 4.78 is 43.7. The first-order valence-electron chi connectivity index (χ1n) is 9.64. The first-order chi connectivity index (χ1) is 13.7. The fourth-order valence-corrected chi connectivity index (χ4v) is 4.09. The van der Waals surface area contributed by atoms with Gasteiger partial charge in [-0.1, -0.05) is 0 Å².